The molecule has 8 aromatic carbocycles. The first-order valence-electron chi connectivity index (χ1n) is 26.1. The predicted octanol–water partition coefficient (Wildman–Crippen LogP) is 14.4. The summed E-state index contributed by atoms with van der Waals surface area (Å²) in [7, 11) is 0. The van der Waals surface area contributed by atoms with Gasteiger partial charge in [0.25, 0.3) is 6.33 Å². The smallest absolute Gasteiger partial charge is 0.268 e. The molecule has 318 valence electrons. The Morgan fingerprint density at radius 1 is 0.600 bits per heavy atom. The van der Waals surface area contributed by atoms with Gasteiger partial charge in [0.1, 0.15) is 5.82 Å². The van der Waals surface area contributed by atoms with Gasteiger partial charge in [0, 0.05) is 44.3 Å². The first kappa shape index (κ1) is 31.5. The molecule has 65 heavy (non-hydrogen) atoms. The van der Waals surface area contributed by atoms with Gasteiger partial charge in [-0.15, -0.1) is 29.7 Å². The normalized spacial score (nSPS) is 14.0. The molecule has 1 atom stereocenters. The number of aromatic nitrogens is 4. The van der Waals surface area contributed by atoms with Crippen molar-refractivity contribution >= 4 is 32.8 Å². The van der Waals surface area contributed by atoms with Gasteiger partial charge in [0.15, 0.2) is 0 Å². The fourth-order valence-electron chi connectivity index (χ4n) is 8.36. The molecule has 0 fully saturated rings. The number of ether oxygens (including phenoxy) is 1. The largest absolute Gasteiger partial charge is 0.510 e. The van der Waals surface area contributed by atoms with Gasteiger partial charge >= 0.3 is 0 Å². The molecule has 0 aliphatic rings. The predicted molar refractivity (Wildman–Crippen MR) is 260 cm³/mol. The maximum Gasteiger partial charge on any atom is 0.268 e. The fourth-order valence-corrected chi connectivity index (χ4v) is 8.36. The van der Waals surface area contributed by atoms with Crippen molar-refractivity contribution in [3.8, 4) is 62.1 Å². The van der Waals surface area contributed by atoms with Crippen molar-refractivity contribution in [2.24, 2.45) is 5.92 Å². The van der Waals surface area contributed by atoms with Gasteiger partial charge in [0.2, 0.25) is 0 Å². The number of para-hydroxylation sites is 3. The van der Waals surface area contributed by atoms with Crippen molar-refractivity contribution in [3.63, 3.8) is 0 Å². The van der Waals surface area contributed by atoms with E-state index in [0.717, 1.165) is 38.8 Å². The summed E-state index contributed by atoms with van der Waals surface area (Å²) >= 11 is 0. The summed E-state index contributed by atoms with van der Waals surface area (Å²) in [6, 6.07) is 44.1. The van der Waals surface area contributed by atoms with Crippen LogP contribution < -0.4 is 9.30 Å². The molecular formula is C59H44N4OPt-2. The third-order valence-corrected chi connectivity index (χ3v) is 11.9. The second-order valence-corrected chi connectivity index (χ2v) is 16.0. The van der Waals surface area contributed by atoms with Crippen LogP contribution >= 0.6 is 0 Å². The first-order valence-corrected chi connectivity index (χ1v) is 21.1. The molecule has 0 aliphatic heterocycles. The molecule has 11 aromatic rings. The van der Waals surface area contributed by atoms with Gasteiger partial charge in [-0.1, -0.05) is 172 Å². The van der Waals surface area contributed by atoms with Crippen LogP contribution in [-0.2, 0) is 21.1 Å². The van der Waals surface area contributed by atoms with Crippen LogP contribution in [0.5, 0.6) is 11.5 Å². The van der Waals surface area contributed by atoms with E-state index in [-0.39, 0.29) is 49.0 Å². The summed E-state index contributed by atoms with van der Waals surface area (Å²) in [5.74, 6) is 2.26. The third-order valence-electron chi connectivity index (χ3n) is 11.9. The molecule has 0 amide bonds. The number of hydrogen-bond acceptors (Lipinski definition) is 2. The molecule has 0 saturated heterocycles. The molecule has 1 unspecified atom stereocenters. The molecule has 0 spiro atoms. The molecular weight excluding hydrogens is 976 g/mol. The van der Waals surface area contributed by atoms with E-state index >= 15 is 0 Å². The van der Waals surface area contributed by atoms with Crippen LogP contribution in [0, 0.1) is 24.4 Å². The van der Waals surface area contributed by atoms with Crippen LogP contribution in [-0.4, -0.2) is 14.1 Å². The Morgan fingerprint density at radius 2 is 1.29 bits per heavy atom. The summed E-state index contributed by atoms with van der Waals surface area (Å²) in [5, 5.41) is 2.00. The zero-order valence-corrected chi connectivity index (χ0v) is 37.7. The number of imidazole rings is 1. The van der Waals surface area contributed by atoms with Crippen LogP contribution in [0.4, 0.5) is 0 Å². The number of pyridine rings is 1. The SMILES string of the molecule is [2H]c1c([2H])c([2H])c(-c2cccc(-c3c([2H])c([2H])c([2H])c([2H])c3[2H])c2-[n+]2[c-]n(-c3[c-]c(Oc4[c-]c5c(cc4)c4cc(-c6ccccc6)ccc4n5-c4cc(C(C)C(C)C)ccn4)ccc3)c3ccccc32)c([2H])c1[2H].[Pt]. The molecule has 3 heterocycles. The fraction of sp³-hybridized carbons (Fsp3) is 0.0847. The van der Waals surface area contributed by atoms with Gasteiger partial charge in [-0.2, -0.15) is 18.2 Å². The molecule has 0 aliphatic carbocycles. The van der Waals surface area contributed by atoms with E-state index in [0.29, 0.717) is 40.1 Å². The topological polar surface area (TPSA) is 35.9 Å². The second-order valence-electron chi connectivity index (χ2n) is 16.0. The molecule has 11 rings (SSSR count). The van der Waals surface area contributed by atoms with Gasteiger partial charge in [0.05, 0.1) is 30.4 Å². The Labute approximate surface area is 408 Å². The maximum absolute atomic E-state index is 9.03. The summed E-state index contributed by atoms with van der Waals surface area (Å²) in [6.45, 7) is 6.65. The third kappa shape index (κ3) is 7.77. The zero-order chi connectivity index (χ0) is 51.9. The molecule has 0 N–H and O–H groups in total. The van der Waals surface area contributed by atoms with Gasteiger partial charge in [-0.05, 0) is 80.1 Å². The van der Waals surface area contributed by atoms with E-state index in [1.165, 1.54) is 5.56 Å². The minimum absolute atomic E-state index is 0. The monoisotopic (exact) mass is 1030 g/mol. The minimum atomic E-state index is -0.573. The van der Waals surface area contributed by atoms with Gasteiger partial charge < -0.3 is 13.9 Å². The minimum Gasteiger partial charge on any atom is -0.510 e. The summed E-state index contributed by atoms with van der Waals surface area (Å²) in [5.41, 5.74) is 6.91. The van der Waals surface area contributed by atoms with Crippen molar-refractivity contribution in [2.75, 3.05) is 0 Å². The zero-order valence-electron chi connectivity index (χ0n) is 45.4. The molecule has 0 radical (unpaired) electrons. The first-order chi connectivity index (χ1) is 35.6. The Hall–Kier alpha value is -7.33. The Morgan fingerprint density at radius 3 is 2.03 bits per heavy atom. The van der Waals surface area contributed by atoms with E-state index in [1.54, 1.807) is 33.4 Å². The van der Waals surface area contributed by atoms with E-state index in [1.807, 2.05) is 72.9 Å². The second kappa shape index (κ2) is 17.7. The number of rotatable bonds is 10. The average molecular weight is 1030 g/mol. The molecule has 0 saturated carbocycles. The number of benzene rings is 8. The standard InChI is InChI=1S/C59H44N4O.Pt/c1-40(2)41(3)45-33-34-60-58(36-45)63-54-32-29-46(42-17-7-4-8-18-42)35-53(54)52-31-30-49(38-57(52)63)64-48-24-15-23-47(37-48)61-39-62(56-28-14-13-27-55(56)61)59-50(43-19-9-5-10-20-43)25-16-26-51(59)44-21-11-6-12-22-44;/h4-36,40-41H,1-3H3;/q-2;/i5D,6D,9D,10D,11D,12D,19D,20D,21D,22D;. The van der Waals surface area contributed by atoms with Gasteiger partial charge in [-0.25, -0.2) is 4.98 Å². The molecule has 5 nitrogen and oxygen atoms in total. The van der Waals surface area contributed by atoms with Crippen LogP contribution in [0.15, 0.2) is 200 Å². The number of nitrogens with zero attached hydrogens (tertiary/aromatic N) is 4. The van der Waals surface area contributed by atoms with Crippen molar-refractivity contribution in [1.29, 1.82) is 0 Å². The molecule has 6 heteroatoms. The Bertz CT molecular complexity index is 3940. The van der Waals surface area contributed by atoms with E-state index in [9.17, 15) is 0 Å². The Balaban J connectivity index is 0.00000641. The summed E-state index contributed by atoms with van der Waals surface area (Å²) < 4.78 is 99.3. The van der Waals surface area contributed by atoms with Gasteiger partial charge in [-0.3, -0.25) is 4.57 Å². The molecule has 0 bridgehead atoms. The van der Waals surface area contributed by atoms with E-state index in [2.05, 4.69) is 86.3 Å². The molecule has 3 aromatic heterocycles. The van der Waals surface area contributed by atoms with Crippen LogP contribution in [0.1, 0.15) is 46.0 Å². The quantitative estimate of drug-likeness (QED) is 0.101. The van der Waals surface area contributed by atoms with Crippen molar-refractivity contribution in [1.82, 2.24) is 14.1 Å². The Kier molecular flexibility index (Phi) is 8.57. The maximum atomic E-state index is 9.03. The summed E-state index contributed by atoms with van der Waals surface area (Å²) in [4.78, 5) is 4.90. The summed E-state index contributed by atoms with van der Waals surface area (Å²) in [6.07, 6.45) is 5.27. The van der Waals surface area contributed by atoms with Crippen molar-refractivity contribution in [2.45, 2.75) is 26.7 Å². The van der Waals surface area contributed by atoms with Crippen molar-refractivity contribution < 1.29 is 44.1 Å². The number of fused-ring (bicyclic) bond motifs is 4. The van der Waals surface area contributed by atoms with Crippen LogP contribution in [0.2, 0.25) is 0 Å². The average Bonchev–Trinajstić information content (AvgIpc) is 3.96. The van der Waals surface area contributed by atoms with E-state index in [4.69, 9.17) is 23.4 Å². The number of hydrogen-bond donors (Lipinski definition) is 0. The van der Waals surface area contributed by atoms with Crippen LogP contribution in [0.25, 0.3) is 83.4 Å². The van der Waals surface area contributed by atoms with Crippen LogP contribution in [0.3, 0.4) is 0 Å². The van der Waals surface area contributed by atoms with Crippen molar-refractivity contribution in [3.05, 3.63) is 224 Å². The van der Waals surface area contributed by atoms with E-state index < -0.39 is 60.4 Å².